The summed E-state index contributed by atoms with van der Waals surface area (Å²) < 4.78 is 0. The number of thioether (sulfide) groups is 1. The lowest BCUT2D eigenvalue weighted by Gasteiger charge is -2.20. The predicted octanol–water partition coefficient (Wildman–Crippen LogP) is 4.85. The fourth-order valence-corrected chi connectivity index (χ4v) is 5.52. The molecule has 0 radical (unpaired) electrons. The monoisotopic (exact) mass is 424 g/mol. The maximum atomic E-state index is 12.7. The van der Waals surface area contributed by atoms with E-state index in [1.165, 1.54) is 94.8 Å². The number of rotatable bonds is 19. The molecule has 1 aliphatic rings. The summed E-state index contributed by atoms with van der Waals surface area (Å²) in [5, 5.41) is 3.48. The molecule has 0 aromatic rings. The molecular weight excluding hydrogens is 379 g/mol. The molecule has 6 heteroatoms. The largest absolute Gasteiger partial charge is 0.308 e. The first kappa shape index (κ1) is 26.6. The summed E-state index contributed by atoms with van der Waals surface area (Å²) >= 11 is 1.80. The Morgan fingerprint density at radius 1 is 0.931 bits per heavy atom. The van der Waals surface area contributed by atoms with Gasteiger partial charge < -0.3 is 5.32 Å². The van der Waals surface area contributed by atoms with Crippen LogP contribution in [0.2, 0.25) is 0 Å². The molecule has 1 heterocycles. The highest BCUT2D eigenvalue weighted by Crippen LogP contribution is 2.33. The summed E-state index contributed by atoms with van der Waals surface area (Å²) in [6, 6.07) is 0. The molecular formula is C23H45BN2O2S. The quantitative estimate of drug-likeness (QED) is 0.183. The van der Waals surface area contributed by atoms with Crippen molar-refractivity contribution < 1.29 is 9.59 Å². The van der Waals surface area contributed by atoms with Gasteiger partial charge in [-0.2, -0.15) is 0 Å². The number of likely N-dealkylation sites (tertiary alicyclic amines) is 1. The third kappa shape index (κ3) is 11.5. The first-order valence-corrected chi connectivity index (χ1v) is 13.3. The van der Waals surface area contributed by atoms with Crippen LogP contribution in [0.4, 0.5) is 0 Å². The number of unbranched alkanes of at least 4 members (excludes halogenated alkanes) is 10. The van der Waals surface area contributed by atoms with Crippen LogP contribution in [-0.2, 0) is 9.59 Å². The lowest BCUT2D eigenvalue weighted by atomic mass is 10.0. The zero-order chi connectivity index (χ0) is 21.3. The molecule has 2 unspecified atom stereocenters. The van der Waals surface area contributed by atoms with E-state index in [-0.39, 0.29) is 17.1 Å². The lowest BCUT2D eigenvalue weighted by Crippen LogP contribution is -2.39. The van der Waals surface area contributed by atoms with Gasteiger partial charge in [-0.25, -0.2) is 0 Å². The number of amides is 2. The maximum absolute atomic E-state index is 12.7. The number of carbonyl (C=O) groups is 2. The van der Waals surface area contributed by atoms with E-state index in [1.54, 1.807) is 11.8 Å². The van der Waals surface area contributed by atoms with Gasteiger partial charge in [0.2, 0.25) is 11.8 Å². The molecule has 0 saturated carbocycles. The van der Waals surface area contributed by atoms with Crippen LogP contribution in [0.5, 0.6) is 0 Å². The van der Waals surface area contributed by atoms with E-state index < -0.39 is 0 Å². The fraction of sp³-hybridized carbons (Fsp3) is 0.913. The van der Waals surface area contributed by atoms with Crippen LogP contribution in [0.3, 0.4) is 0 Å². The van der Waals surface area contributed by atoms with Gasteiger partial charge in [0.05, 0.1) is 11.9 Å². The van der Waals surface area contributed by atoms with Gasteiger partial charge in [0.25, 0.3) is 0 Å². The van der Waals surface area contributed by atoms with Crippen molar-refractivity contribution in [1.82, 2.24) is 10.2 Å². The van der Waals surface area contributed by atoms with Crippen molar-refractivity contribution in [1.29, 1.82) is 0 Å². The summed E-state index contributed by atoms with van der Waals surface area (Å²) in [6.45, 7) is 4.88. The lowest BCUT2D eigenvalue weighted by molar-refractivity contribution is -0.138. The van der Waals surface area contributed by atoms with E-state index in [1.807, 2.05) is 7.85 Å². The highest BCUT2D eigenvalue weighted by Gasteiger charge is 2.39. The summed E-state index contributed by atoms with van der Waals surface area (Å²) in [7, 11) is 1.99. The third-order valence-corrected chi connectivity index (χ3v) is 7.39. The second-order valence-electron chi connectivity index (χ2n) is 8.49. The Labute approximate surface area is 185 Å². The highest BCUT2D eigenvalue weighted by atomic mass is 32.2. The van der Waals surface area contributed by atoms with Gasteiger partial charge in [-0.3, -0.25) is 14.5 Å². The average molecular weight is 425 g/mol. The second kappa shape index (κ2) is 17.2. The van der Waals surface area contributed by atoms with Crippen LogP contribution in [0.15, 0.2) is 0 Å². The van der Waals surface area contributed by atoms with E-state index in [0.29, 0.717) is 18.3 Å². The molecule has 0 aromatic carbocycles. The number of hydrogen-bond acceptors (Lipinski definition) is 4. The molecule has 2 amide bonds. The number of carbonyl (C=O) groups excluding carboxylic acids is 2. The van der Waals surface area contributed by atoms with Crippen LogP contribution in [0.25, 0.3) is 0 Å². The van der Waals surface area contributed by atoms with Crippen LogP contribution in [0, 0.1) is 0 Å². The molecule has 0 bridgehead atoms. The second-order valence-corrected chi connectivity index (χ2v) is 9.99. The Morgan fingerprint density at radius 3 is 1.97 bits per heavy atom. The smallest absolute Gasteiger partial charge is 0.243 e. The standard InChI is InChI=1S/C23H45BN2O2S/c1-3-5-7-9-10-12-14-16-20(15-13-11-8-6-4-2)29-21-17-22(27)26(23(21)28)19-25-18-24/h20-21,25H,3-19,24H2,1-2H3. The molecule has 1 aliphatic heterocycles. The SMILES string of the molecule is BCNCN1C(=O)CC(SC(CCCCCCC)CCCCCCCCC)C1=O. The number of nitrogens with zero attached hydrogens (tertiary/aromatic N) is 1. The van der Waals surface area contributed by atoms with Crippen LogP contribution < -0.4 is 5.32 Å². The number of imide groups is 1. The summed E-state index contributed by atoms with van der Waals surface area (Å²) in [5.74, 6) is 0.0163. The first-order valence-electron chi connectivity index (χ1n) is 12.3. The van der Waals surface area contributed by atoms with Crippen molar-refractivity contribution in [3.05, 3.63) is 0 Å². The Bertz CT molecular complexity index is 451. The zero-order valence-corrected chi connectivity index (χ0v) is 20.2. The van der Waals surface area contributed by atoms with E-state index >= 15 is 0 Å². The van der Waals surface area contributed by atoms with Gasteiger partial charge in [0.1, 0.15) is 7.85 Å². The minimum atomic E-state index is -0.161. The Balaban J connectivity index is 2.43. The molecule has 1 saturated heterocycles. The molecule has 4 nitrogen and oxygen atoms in total. The third-order valence-electron chi connectivity index (χ3n) is 5.84. The Kier molecular flexibility index (Phi) is 15.8. The topological polar surface area (TPSA) is 49.4 Å². The van der Waals surface area contributed by atoms with E-state index in [9.17, 15) is 9.59 Å². The average Bonchev–Trinajstić information content (AvgIpc) is 2.97. The highest BCUT2D eigenvalue weighted by molar-refractivity contribution is 8.01. The van der Waals surface area contributed by atoms with Gasteiger partial charge >= 0.3 is 0 Å². The minimum Gasteiger partial charge on any atom is -0.308 e. The maximum Gasteiger partial charge on any atom is 0.243 e. The Hall–Kier alpha value is -0.485. The molecule has 0 aromatic heterocycles. The van der Waals surface area contributed by atoms with Crippen molar-refractivity contribution >= 4 is 31.4 Å². The van der Waals surface area contributed by atoms with Crippen molar-refractivity contribution in [2.45, 2.75) is 121 Å². The number of nitrogens with one attached hydrogen (secondary N) is 1. The van der Waals surface area contributed by atoms with Crippen LogP contribution >= 0.6 is 11.8 Å². The molecule has 168 valence electrons. The van der Waals surface area contributed by atoms with E-state index in [4.69, 9.17) is 0 Å². The summed E-state index contributed by atoms with van der Waals surface area (Å²) in [4.78, 5) is 26.4. The molecule has 0 aliphatic carbocycles. The predicted molar refractivity (Wildman–Crippen MR) is 129 cm³/mol. The van der Waals surface area contributed by atoms with Gasteiger partial charge in [-0.1, -0.05) is 90.9 Å². The molecule has 0 spiro atoms. The summed E-state index contributed by atoms with van der Waals surface area (Å²) in [6.07, 6.45) is 19.3. The van der Waals surface area contributed by atoms with Gasteiger partial charge in [0, 0.05) is 11.7 Å². The Morgan fingerprint density at radius 2 is 1.45 bits per heavy atom. The normalized spacial score (nSPS) is 18.0. The molecule has 1 N–H and O–H groups in total. The molecule has 1 rings (SSSR count). The van der Waals surface area contributed by atoms with Crippen LogP contribution in [0.1, 0.15) is 110 Å². The fourth-order valence-electron chi connectivity index (χ4n) is 3.97. The van der Waals surface area contributed by atoms with Crippen molar-refractivity contribution in [2.75, 3.05) is 13.1 Å². The van der Waals surface area contributed by atoms with Gasteiger partial charge in [0.15, 0.2) is 0 Å². The van der Waals surface area contributed by atoms with Crippen LogP contribution in [-0.4, -0.2) is 48.2 Å². The minimum absolute atomic E-state index is 0.00827. The van der Waals surface area contributed by atoms with E-state index in [0.717, 1.165) is 6.44 Å². The van der Waals surface area contributed by atoms with Gasteiger partial charge in [-0.15, -0.1) is 11.8 Å². The number of hydrogen-bond donors (Lipinski definition) is 1. The van der Waals surface area contributed by atoms with Crippen molar-refractivity contribution in [3.8, 4) is 0 Å². The summed E-state index contributed by atoms with van der Waals surface area (Å²) in [5.41, 5.74) is 0. The molecule has 1 fully saturated rings. The molecule has 2 atom stereocenters. The van der Waals surface area contributed by atoms with Crippen molar-refractivity contribution in [2.24, 2.45) is 0 Å². The van der Waals surface area contributed by atoms with Gasteiger partial charge in [-0.05, 0) is 19.3 Å². The van der Waals surface area contributed by atoms with Crippen molar-refractivity contribution in [3.63, 3.8) is 0 Å². The first-order chi connectivity index (χ1) is 14.1. The van der Waals surface area contributed by atoms with E-state index in [2.05, 4.69) is 19.2 Å². The molecule has 29 heavy (non-hydrogen) atoms. The zero-order valence-electron chi connectivity index (χ0n) is 19.3.